The number of carbonyl (C=O) groups is 1. The quantitative estimate of drug-likeness (QED) is 0.917. The van der Waals surface area contributed by atoms with Crippen molar-refractivity contribution in [3.8, 4) is 5.75 Å². The van der Waals surface area contributed by atoms with Crippen molar-refractivity contribution in [3.05, 3.63) is 44.9 Å². The highest BCUT2D eigenvalue weighted by atomic mass is 32.1. The fraction of sp³-hybridized carbons (Fsp3) is 0.333. The number of thiazole rings is 1. The number of hydrogen-bond acceptors (Lipinski definition) is 4. The molecular formula is C15H17NO3S. The van der Waals surface area contributed by atoms with Crippen LogP contribution in [-0.4, -0.2) is 22.7 Å². The van der Waals surface area contributed by atoms with E-state index in [9.17, 15) is 4.79 Å². The maximum Gasteiger partial charge on any atom is 0.347 e. The number of benzene rings is 1. The third kappa shape index (κ3) is 3.36. The molecule has 106 valence electrons. The molecule has 2 aromatic rings. The van der Waals surface area contributed by atoms with Gasteiger partial charge in [0.1, 0.15) is 10.6 Å². The molecule has 0 saturated heterocycles. The summed E-state index contributed by atoms with van der Waals surface area (Å²) in [5, 5.41) is 9.78. The van der Waals surface area contributed by atoms with Crippen LogP contribution in [0.25, 0.3) is 0 Å². The second-order valence-electron chi connectivity index (χ2n) is 4.69. The van der Waals surface area contributed by atoms with Gasteiger partial charge in [-0.25, -0.2) is 9.78 Å². The van der Waals surface area contributed by atoms with Gasteiger partial charge >= 0.3 is 5.97 Å². The van der Waals surface area contributed by atoms with Gasteiger partial charge in [0.25, 0.3) is 0 Å². The number of nitrogens with zero attached hydrogens (tertiary/aromatic N) is 1. The Morgan fingerprint density at radius 3 is 2.70 bits per heavy atom. The Balaban J connectivity index is 1.96. The number of hydrogen-bond donors (Lipinski definition) is 1. The summed E-state index contributed by atoms with van der Waals surface area (Å²) in [6, 6.07) is 6.05. The lowest BCUT2D eigenvalue weighted by atomic mass is 10.1. The van der Waals surface area contributed by atoms with Gasteiger partial charge in [0, 0.05) is 6.42 Å². The van der Waals surface area contributed by atoms with Crippen LogP contribution in [0.5, 0.6) is 5.75 Å². The van der Waals surface area contributed by atoms with Crippen LogP contribution in [0.4, 0.5) is 0 Å². The molecular weight excluding hydrogens is 274 g/mol. The van der Waals surface area contributed by atoms with Crippen molar-refractivity contribution in [2.45, 2.75) is 27.2 Å². The van der Waals surface area contributed by atoms with Crippen LogP contribution in [0.15, 0.2) is 18.2 Å². The Hall–Kier alpha value is -1.88. The summed E-state index contributed by atoms with van der Waals surface area (Å²) in [5.74, 6) is -0.0520. The minimum Gasteiger partial charge on any atom is -0.493 e. The van der Waals surface area contributed by atoms with Crippen molar-refractivity contribution >= 4 is 17.3 Å². The zero-order valence-electron chi connectivity index (χ0n) is 11.8. The lowest BCUT2D eigenvalue weighted by molar-refractivity contribution is 0.0701. The van der Waals surface area contributed by atoms with E-state index >= 15 is 0 Å². The third-order valence-electron chi connectivity index (χ3n) is 2.94. The smallest absolute Gasteiger partial charge is 0.347 e. The van der Waals surface area contributed by atoms with Crippen molar-refractivity contribution in [2.24, 2.45) is 0 Å². The van der Waals surface area contributed by atoms with E-state index in [1.165, 1.54) is 16.9 Å². The molecule has 1 aromatic heterocycles. The van der Waals surface area contributed by atoms with Crippen LogP contribution in [0.1, 0.15) is 31.5 Å². The highest BCUT2D eigenvalue weighted by molar-refractivity contribution is 7.13. The molecule has 5 heteroatoms. The molecule has 2 rings (SSSR count). The summed E-state index contributed by atoms with van der Waals surface area (Å²) in [6.45, 7) is 6.27. The lowest BCUT2D eigenvalue weighted by Gasteiger charge is -2.08. The molecule has 0 aliphatic carbocycles. The van der Waals surface area contributed by atoms with E-state index in [1.54, 1.807) is 6.92 Å². The fourth-order valence-corrected chi connectivity index (χ4v) is 2.85. The monoisotopic (exact) mass is 291 g/mol. The molecule has 0 aliphatic heterocycles. The highest BCUT2D eigenvalue weighted by Crippen LogP contribution is 2.21. The van der Waals surface area contributed by atoms with Gasteiger partial charge < -0.3 is 9.84 Å². The van der Waals surface area contributed by atoms with Crippen molar-refractivity contribution in [1.29, 1.82) is 0 Å². The molecule has 0 amide bonds. The van der Waals surface area contributed by atoms with Gasteiger partial charge in [-0.3, -0.25) is 0 Å². The number of carboxylic acids is 1. The van der Waals surface area contributed by atoms with Gasteiger partial charge in [-0.1, -0.05) is 17.7 Å². The van der Waals surface area contributed by atoms with Crippen LogP contribution in [0, 0.1) is 20.8 Å². The van der Waals surface area contributed by atoms with E-state index in [-0.39, 0.29) is 0 Å². The Labute approximate surface area is 122 Å². The van der Waals surface area contributed by atoms with E-state index < -0.39 is 5.97 Å². The van der Waals surface area contributed by atoms with E-state index in [0.29, 0.717) is 23.6 Å². The summed E-state index contributed by atoms with van der Waals surface area (Å²) in [6.07, 6.45) is 0.617. The van der Waals surface area contributed by atoms with E-state index in [0.717, 1.165) is 16.3 Å². The molecule has 20 heavy (non-hydrogen) atoms. The van der Waals surface area contributed by atoms with Crippen LogP contribution in [0.3, 0.4) is 0 Å². The van der Waals surface area contributed by atoms with E-state index in [4.69, 9.17) is 9.84 Å². The van der Waals surface area contributed by atoms with Crippen molar-refractivity contribution in [3.63, 3.8) is 0 Å². The van der Waals surface area contributed by atoms with Crippen LogP contribution < -0.4 is 4.74 Å². The summed E-state index contributed by atoms with van der Waals surface area (Å²) in [5.41, 5.74) is 2.88. The second kappa shape index (κ2) is 6.05. The summed E-state index contributed by atoms with van der Waals surface area (Å²) < 4.78 is 5.72. The van der Waals surface area contributed by atoms with Gasteiger partial charge in [0.05, 0.1) is 17.3 Å². The number of aromatic carboxylic acids is 1. The first-order chi connectivity index (χ1) is 9.47. The number of ether oxygens (including phenoxy) is 1. The number of aromatic nitrogens is 1. The minimum atomic E-state index is -0.915. The number of aryl methyl sites for hydroxylation is 3. The average Bonchev–Trinajstić information content (AvgIpc) is 2.73. The van der Waals surface area contributed by atoms with Gasteiger partial charge in [0.15, 0.2) is 0 Å². The lowest BCUT2D eigenvalue weighted by Crippen LogP contribution is -2.02. The van der Waals surface area contributed by atoms with Gasteiger partial charge in [-0.15, -0.1) is 11.3 Å². The summed E-state index contributed by atoms with van der Waals surface area (Å²) >= 11 is 1.22. The largest absolute Gasteiger partial charge is 0.493 e. The Morgan fingerprint density at radius 1 is 1.35 bits per heavy atom. The molecule has 0 saturated carbocycles. The van der Waals surface area contributed by atoms with Crippen molar-refractivity contribution < 1.29 is 14.6 Å². The molecule has 1 N–H and O–H groups in total. The maximum absolute atomic E-state index is 10.9. The summed E-state index contributed by atoms with van der Waals surface area (Å²) in [7, 11) is 0. The highest BCUT2D eigenvalue weighted by Gasteiger charge is 2.13. The first-order valence-corrected chi connectivity index (χ1v) is 7.18. The molecule has 4 nitrogen and oxygen atoms in total. The number of rotatable bonds is 5. The van der Waals surface area contributed by atoms with Crippen molar-refractivity contribution in [2.75, 3.05) is 6.61 Å². The molecule has 0 fully saturated rings. The Bertz CT molecular complexity index is 634. The minimum absolute atomic E-state index is 0.312. The molecule has 0 spiro atoms. The first-order valence-electron chi connectivity index (χ1n) is 6.37. The third-order valence-corrected chi connectivity index (χ3v) is 4.14. The topological polar surface area (TPSA) is 59.4 Å². The predicted molar refractivity (Wildman–Crippen MR) is 78.9 cm³/mol. The maximum atomic E-state index is 10.9. The first kappa shape index (κ1) is 14.5. The van der Waals surface area contributed by atoms with Crippen LogP contribution in [0.2, 0.25) is 0 Å². The molecule has 0 unspecified atom stereocenters. The standard InChI is InChI=1S/C15H17NO3S/c1-9-4-5-12(10(2)8-9)19-7-6-13-16-11(3)14(20-13)15(17)18/h4-5,8H,6-7H2,1-3H3,(H,17,18). The SMILES string of the molecule is Cc1ccc(OCCc2nc(C)c(C(=O)O)s2)c(C)c1. The Kier molecular flexibility index (Phi) is 4.39. The van der Waals surface area contributed by atoms with E-state index in [1.807, 2.05) is 26.0 Å². The van der Waals surface area contributed by atoms with Crippen molar-refractivity contribution in [1.82, 2.24) is 4.98 Å². The molecule has 0 bridgehead atoms. The molecule has 0 radical (unpaired) electrons. The zero-order chi connectivity index (χ0) is 14.7. The van der Waals surface area contributed by atoms with Crippen LogP contribution in [-0.2, 0) is 6.42 Å². The molecule has 0 atom stereocenters. The molecule has 0 aliphatic rings. The van der Waals surface area contributed by atoms with Gasteiger partial charge in [0.2, 0.25) is 0 Å². The van der Waals surface area contributed by atoms with Gasteiger partial charge in [-0.05, 0) is 32.4 Å². The number of carboxylic acid groups (broad SMARTS) is 1. The fourth-order valence-electron chi connectivity index (χ4n) is 1.97. The zero-order valence-corrected chi connectivity index (χ0v) is 12.6. The van der Waals surface area contributed by atoms with Gasteiger partial charge in [-0.2, -0.15) is 0 Å². The Morgan fingerprint density at radius 2 is 2.10 bits per heavy atom. The van der Waals surface area contributed by atoms with Crippen LogP contribution >= 0.6 is 11.3 Å². The predicted octanol–water partition coefficient (Wildman–Crippen LogP) is 3.39. The average molecular weight is 291 g/mol. The molecule has 1 aromatic carbocycles. The molecule has 1 heterocycles. The summed E-state index contributed by atoms with van der Waals surface area (Å²) in [4.78, 5) is 15.5. The van der Waals surface area contributed by atoms with E-state index in [2.05, 4.69) is 11.1 Å². The second-order valence-corrected chi connectivity index (χ2v) is 5.78. The normalized spacial score (nSPS) is 10.6.